The van der Waals surface area contributed by atoms with Crippen LogP contribution in [0.1, 0.15) is 40.7 Å². The van der Waals surface area contributed by atoms with E-state index in [2.05, 4.69) is 0 Å². The quantitative estimate of drug-likeness (QED) is 0.909. The van der Waals surface area contributed by atoms with Gasteiger partial charge in [0.15, 0.2) is 0 Å². The van der Waals surface area contributed by atoms with Gasteiger partial charge in [0.2, 0.25) is 0 Å². The zero-order chi connectivity index (χ0) is 15.2. The van der Waals surface area contributed by atoms with Gasteiger partial charge in [0, 0.05) is 18.7 Å². The van der Waals surface area contributed by atoms with Crippen LogP contribution in [0.25, 0.3) is 0 Å². The molecule has 1 aliphatic heterocycles. The van der Waals surface area contributed by atoms with E-state index in [0.717, 1.165) is 24.0 Å². The third-order valence-corrected chi connectivity index (χ3v) is 5.21. The van der Waals surface area contributed by atoms with Crippen LogP contribution in [0.2, 0.25) is 0 Å². The summed E-state index contributed by atoms with van der Waals surface area (Å²) in [5.41, 5.74) is 2.01. The molecule has 112 valence electrons. The van der Waals surface area contributed by atoms with Crippen LogP contribution in [0.4, 0.5) is 0 Å². The Morgan fingerprint density at radius 1 is 1.33 bits per heavy atom. The van der Waals surface area contributed by atoms with Crippen molar-refractivity contribution in [2.24, 2.45) is 11.3 Å². The third-order valence-electron chi connectivity index (χ3n) is 5.21. The van der Waals surface area contributed by atoms with Crippen molar-refractivity contribution in [2.75, 3.05) is 13.1 Å². The molecule has 0 radical (unpaired) electrons. The molecular weight excluding hydrogens is 266 g/mol. The Kier molecular flexibility index (Phi) is 3.27. The van der Waals surface area contributed by atoms with Gasteiger partial charge in [-0.2, -0.15) is 0 Å². The highest BCUT2D eigenvalue weighted by Crippen LogP contribution is 2.49. The first-order valence-corrected chi connectivity index (χ1v) is 7.54. The van der Waals surface area contributed by atoms with E-state index in [1.54, 1.807) is 4.90 Å². The molecule has 2 fully saturated rings. The van der Waals surface area contributed by atoms with E-state index in [4.69, 9.17) is 0 Å². The average Bonchev–Trinajstić information content (AvgIpc) is 2.98. The van der Waals surface area contributed by atoms with Gasteiger partial charge >= 0.3 is 5.97 Å². The number of carbonyl (C=O) groups excluding carboxylic acids is 1. The van der Waals surface area contributed by atoms with Crippen molar-refractivity contribution >= 4 is 11.9 Å². The number of likely N-dealkylation sites (tertiary alicyclic amines) is 1. The zero-order valence-electron chi connectivity index (χ0n) is 12.6. The molecule has 21 heavy (non-hydrogen) atoms. The summed E-state index contributed by atoms with van der Waals surface area (Å²) in [6.45, 7) is 4.84. The number of nitrogens with zero attached hydrogens (tertiary/aromatic N) is 1. The lowest BCUT2D eigenvalue weighted by Gasteiger charge is -2.23. The number of hydrogen-bond donors (Lipinski definition) is 1. The van der Waals surface area contributed by atoms with Crippen molar-refractivity contribution in [1.82, 2.24) is 4.90 Å². The minimum atomic E-state index is -0.735. The lowest BCUT2D eigenvalue weighted by molar-refractivity contribution is -0.149. The number of benzene rings is 1. The van der Waals surface area contributed by atoms with E-state index in [1.807, 2.05) is 32.0 Å². The number of fused-ring (bicyclic) bond motifs is 1. The molecule has 2 aliphatic rings. The molecule has 3 rings (SSSR count). The molecule has 4 heteroatoms. The number of carboxylic acids is 1. The Morgan fingerprint density at radius 2 is 2.10 bits per heavy atom. The second-order valence-corrected chi connectivity index (χ2v) is 6.55. The van der Waals surface area contributed by atoms with E-state index in [1.165, 1.54) is 0 Å². The van der Waals surface area contributed by atoms with Gasteiger partial charge in [0.05, 0.1) is 5.41 Å². The molecule has 0 spiro atoms. The first-order valence-electron chi connectivity index (χ1n) is 7.54. The maximum atomic E-state index is 12.7. The van der Waals surface area contributed by atoms with Gasteiger partial charge in [0.25, 0.3) is 5.91 Å². The van der Waals surface area contributed by atoms with Crippen molar-refractivity contribution in [1.29, 1.82) is 0 Å². The van der Waals surface area contributed by atoms with Gasteiger partial charge in [-0.3, -0.25) is 9.59 Å². The summed E-state index contributed by atoms with van der Waals surface area (Å²) < 4.78 is 0. The molecular formula is C17H21NO3. The molecule has 1 heterocycles. The van der Waals surface area contributed by atoms with Crippen molar-refractivity contribution < 1.29 is 14.7 Å². The normalized spacial score (nSPS) is 27.7. The predicted molar refractivity (Wildman–Crippen MR) is 79.2 cm³/mol. The third kappa shape index (κ3) is 2.13. The summed E-state index contributed by atoms with van der Waals surface area (Å²) in [5.74, 6) is -0.642. The molecule has 1 saturated heterocycles. The first-order chi connectivity index (χ1) is 9.94. The Balaban J connectivity index is 1.88. The summed E-state index contributed by atoms with van der Waals surface area (Å²) in [6.07, 6.45) is 2.58. The van der Waals surface area contributed by atoms with Gasteiger partial charge in [0.1, 0.15) is 0 Å². The largest absolute Gasteiger partial charge is 0.481 e. The van der Waals surface area contributed by atoms with Gasteiger partial charge in [-0.15, -0.1) is 0 Å². The van der Waals surface area contributed by atoms with Crippen LogP contribution in [0.5, 0.6) is 0 Å². The smallest absolute Gasteiger partial charge is 0.311 e. The first kappa shape index (κ1) is 14.1. The van der Waals surface area contributed by atoms with Crippen LogP contribution in [-0.4, -0.2) is 35.0 Å². The molecule has 1 aromatic rings. The van der Waals surface area contributed by atoms with Crippen LogP contribution < -0.4 is 0 Å². The lowest BCUT2D eigenvalue weighted by atomic mass is 9.81. The molecule has 4 nitrogen and oxygen atoms in total. The van der Waals surface area contributed by atoms with Gasteiger partial charge in [-0.25, -0.2) is 0 Å². The average molecular weight is 287 g/mol. The zero-order valence-corrected chi connectivity index (χ0v) is 12.6. The van der Waals surface area contributed by atoms with Crippen LogP contribution in [-0.2, 0) is 4.79 Å². The fourth-order valence-electron chi connectivity index (χ4n) is 3.93. The minimum absolute atomic E-state index is 0.0220. The number of hydrogen-bond acceptors (Lipinski definition) is 2. The molecule has 1 saturated carbocycles. The van der Waals surface area contributed by atoms with Gasteiger partial charge in [-0.1, -0.05) is 24.1 Å². The molecule has 0 aromatic heterocycles. The van der Waals surface area contributed by atoms with Crippen molar-refractivity contribution in [3.63, 3.8) is 0 Å². The van der Waals surface area contributed by atoms with Crippen LogP contribution >= 0.6 is 0 Å². The number of rotatable bonds is 2. The summed E-state index contributed by atoms with van der Waals surface area (Å²) in [4.78, 5) is 26.2. The summed E-state index contributed by atoms with van der Waals surface area (Å²) in [6, 6.07) is 5.84. The summed E-state index contributed by atoms with van der Waals surface area (Å²) in [7, 11) is 0. The predicted octanol–water partition coefficient (Wildman–Crippen LogP) is 2.63. The SMILES string of the molecule is Cc1ccc(C)c(C(=O)N2C[C@@H]3CCC[C@@]3(C(=O)O)C2)c1. The molecule has 1 aromatic carbocycles. The highest BCUT2D eigenvalue weighted by Gasteiger charge is 2.55. The molecule has 0 unspecified atom stereocenters. The Hall–Kier alpha value is -1.84. The monoisotopic (exact) mass is 287 g/mol. The van der Waals surface area contributed by atoms with Crippen LogP contribution in [0.15, 0.2) is 18.2 Å². The lowest BCUT2D eigenvalue weighted by Crippen LogP contribution is -2.37. The fraction of sp³-hybridized carbons (Fsp3) is 0.529. The van der Waals surface area contributed by atoms with Crippen molar-refractivity contribution in [2.45, 2.75) is 33.1 Å². The van der Waals surface area contributed by atoms with Gasteiger partial charge in [-0.05, 0) is 44.2 Å². The van der Waals surface area contributed by atoms with E-state index in [0.29, 0.717) is 25.1 Å². The minimum Gasteiger partial charge on any atom is -0.481 e. The molecule has 1 N–H and O–H groups in total. The highest BCUT2D eigenvalue weighted by molar-refractivity contribution is 5.96. The number of aliphatic carboxylic acids is 1. The molecule has 0 bridgehead atoms. The second-order valence-electron chi connectivity index (χ2n) is 6.55. The van der Waals surface area contributed by atoms with Crippen LogP contribution in [0, 0.1) is 25.2 Å². The van der Waals surface area contributed by atoms with Gasteiger partial charge < -0.3 is 10.0 Å². The molecule has 2 atom stereocenters. The Labute approximate surface area is 124 Å². The maximum Gasteiger partial charge on any atom is 0.311 e. The van der Waals surface area contributed by atoms with Crippen molar-refractivity contribution in [3.8, 4) is 0 Å². The van der Waals surface area contributed by atoms with E-state index < -0.39 is 11.4 Å². The maximum absolute atomic E-state index is 12.7. The number of carboxylic acid groups (broad SMARTS) is 1. The van der Waals surface area contributed by atoms with E-state index >= 15 is 0 Å². The van der Waals surface area contributed by atoms with Crippen LogP contribution in [0.3, 0.4) is 0 Å². The Bertz CT molecular complexity index is 610. The second kappa shape index (κ2) is 4.86. The number of aryl methyl sites for hydroxylation is 2. The standard InChI is InChI=1S/C17H21NO3/c1-11-5-6-12(2)14(8-11)15(19)18-9-13-4-3-7-17(13,10-18)16(20)21/h5-6,8,13H,3-4,7,9-10H2,1-2H3,(H,20,21)/t13-,17+/m0/s1. The molecule has 1 amide bonds. The topological polar surface area (TPSA) is 57.6 Å². The van der Waals surface area contributed by atoms with E-state index in [-0.39, 0.29) is 11.8 Å². The number of carbonyl (C=O) groups is 2. The summed E-state index contributed by atoms with van der Waals surface area (Å²) >= 11 is 0. The Morgan fingerprint density at radius 3 is 2.76 bits per heavy atom. The van der Waals surface area contributed by atoms with Crippen molar-refractivity contribution in [3.05, 3.63) is 34.9 Å². The summed E-state index contributed by atoms with van der Waals surface area (Å²) in [5, 5.41) is 9.61. The van der Waals surface area contributed by atoms with E-state index in [9.17, 15) is 14.7 Å². The highest BCUT2D eigenvalue weighted by atomic mass is 16.4. The number of amides is 1. The fourth-order valence-corrected chi connectivity index (χ4v) is 3.93. The molecule has 1 aliphatic carbocycles.